The zero-order chi connectivity index (χ0) is 8.15. The lowest BCUT2D eigenvalue weighted by atomic mass is 10.1. The Balaban J connectivity index is 3.69. The van der Waals surface area contributed by atoms with Gasteiger partial charge in [-0.15, -0.1) is 0 Å². The van der Waals surface area contributed by atoms with E-state index < -0.39 is 25.2 Å². The summed E-state index contributed by atoms with van der Waals surface area (Å²) in [4.78, 5) is 0. The minimum Gasteiger partial charge on any atom is -0.248 e. The van der Waals surface area contributed by atoms with Gasteiger partial charge in [0.05, 0.1) is 0 Å². The largest absolute Gasteiger partial charge is 0.248 e. The molecule has 0 aromatic carbocycles. The van der Waals surface area contributed by atoms with E-state index in [9.17, 15) is 17.6 Å². The highest BCUT2D eigenvalue weighted by Crippen LogP contribution is 2.14. The molecule has 0 aliphatic rings. The highest BCUT2D eigenvalue weighted by molar-refractivity contribution is 4.76. The first-order valence-corrected chi connectivity index (χ1v) is 2.91. The third kappa shape index (κ3) is 2.54. The monoisotopic (exact) mass is 157 g/mol. The van der Waals surface area contributed by atoms with Crippen molar-refractivity contribution in [2.75, 3.05) is 6.67 Å². The van der Waals surface area contributed by atoms with Crippen molar-refractivity contribution in [1.29, 1.82) is 0 Å². The van der Waals surface area contributed by atoms with Crippen molar-refractivity contribution in [3.05, 3.63) is 6.92 Å². The van der Waals surface area contributed by atoms with Gasteiger partial charge < -0.3 is 0 Å². The van der Waals surface area contributed by atoms with Crippen LogP contribution in [0.5, 0.6) is 0 Å². The Morgan fingerprint density at radius 3 is 1.90 bits per heavy atom. The summed E-state index contributed by atoms with van der Waals surface area (Å²) in [6.07, 6.45) is -7.09. The van der Waals surface area contributed by atoms with Crippen LogP contribution in [-0.4, -0.2) is 25.2 Å². The van der Waals surface area contributed by atoms with Gasteiger partial charge in [0.15, 0.2) is 12.3 Å². The van der Waals surface area contributed by atoms with E-state index >= 15 is 0 Å². The highest BCUT2D eigenvalue weighted by atomic mass is 19.2. The fourth-order valence-corrected chi connectivity index (χ4v) is 0.471. The fourth-order valence-electron chi connectivity index (χ4n) is 0.471. The molecule has 0 rings (SSSR count). The predicted octanol–water partition coefficient (Wildman–Crippen LogP) is 2.19. The van der Waals surface area contributed by atoms with E-state index in [4.69, 9.17) is 0 Å². The molecule has 0 aliphatic heterocycles. The van der Waals surface area contributed by atoms with Crippen molar-refractivity contribution in [1.82, 2.24) is 0 Å². The summed E-state index contributed by atoms with van der Waals surface area (Å²) in [5.74, 6) is 0. The third-order valence-corrected chi connectivity index (χ3v) is 1.11. The van der Waals surface area contributed by atoms with Crippen LogP contribution in [0.1, 0.15) is 6.42 Å². The van der Waals surface area contributed by atoms with E-state index in [2.05, 4.69) is 6.92 Å². The fraction of sp³-hybridized carbons (Fsp3) is 0.833. The van der Waals surface area contributed by atoms with Crippen LogP contribution in [-0.2, 0) is 0 Å². The zero-order valence-electron chi connectivity index (χ0n) is 5.37. The molecular weight excluding hydrogens is 148 g/mol. The Morgan fingerprint density at radius 1 is 1.10 bits per heavy atom. The van der Waals surface area contributed by atoms with Crippen molar-refractivity contribution >= 4 is 0 Å². The predicted molar refractivity (Wildman–Crippen MR) is 30.6 cm³/mol. The van der Waals surface area contributed by atoms with Gasteiger partial charge in [0, 0.05) is 0 Å². The summed E-state index contributed by atoms with van der Waals surface area (Å²) in [6.45, 7) is 1.53. The summed E-state index contributed by atoms with van der Waals surface area (Å²) in [7, 11) is 0. The van der Waals surface area contributed by atoms with Crippen LogP contribution in [0.25, 0.3) is 0 Å². The maximum Gasteiger partial charge on any atom is 0.165 e. The Bertz CT molecular complexity index is 75.8. The molecule has 0 spiro atoms. The SMILES string of the molecule is [CH2]CC(F)[C@H](F)C(F)CF. The smallest absolute Gasteiger partial charge is 0.165 e. The molecule has 3 atom stereocenters. The van der Waals surface area contributed by atoms with Crippen molar-refractivity contribution in [2.45, 2.75) is 24.9 Å². The molecule has 0 nitrogen and oxygen atoms in total. The second-order valence-electron chi connectivity index (χ2n) is 1.92. The van der Waals surface area contributed by atoms with E-state index in [1.165, 1.54) is 0 Å². The summed E-state index contributed by atoms with van der Waals surface area (Å²) in [5, 5.41) is 0. The van der Waals surface area contributed by atoms with Crippen LogP contribution in [0.4, 0.5) is 17.6 Å². The van der Waals surface area contributed by atoms with E-state index in [1.807, 2.05) is 0 Å². The molecule has 0 fully saturated rings. The van der Waals surface area contributed by atoms with Gasteiger partial charge in [-0.05, 0) is 6.42 Å². The molecule has 0 bridgehead atoms. The molecule has 61 valence electrons. The molecule has 0 saturated carbocycles. The minimum atomic E-state index is -2.37. The molecule has 0 aromatic rings. The molecule has 1 radical (unpaired) electrons. The van der Waals surface area contributed by atoms with Crippen molar-refractivity contribution < 1.29 is 17.6 Å². The first-order chi connectivity index (χ1) is 4.63. The number of halogens is 4. The normalized spacial score (nSPS) is 20.1. The topological polar surface area (TPSA) is 0 Å². The lowest BCUT2D eigenvalue weighted by Gasteiger charge is -2.12. The maximum absolute atomic E-state index is 12.2. The third-order valence-electron chi connectivity index (χ3n) is 1.11. The molecule has 0 saturated heterocycles. The molecule has 4 heteroatoms. The highest BCUT2D eigenvalue weighted by Gasteiger charge is 2.28. The summed E-state index contributed by atoms with van der Waals surface area (Å²) in [5.41, 5.74) is 0. The lowest BCUT2D eigenvalue weighted by Crippen LogP contribution is -2.28. The van der Waals surface area contributed by atoms with Gasteiger partial charge in [-0.2, -0.15) is 0 Å². The average Bonchev–Trinajstić information content (AvgIpc) is 2.00. The summed E-state index contributed by atoms with van der Waals surface area (Å²) >= 11 is 0. The standard InChI is InChI=1S/C6H9F4/c1-2-4(8)6(10)5(9)3-7/h4-6H,1-3H2/t4?,5?,6-/m0/s1. The van der Waals surface area contributed by atoms with Gasteiger partial charge in [-0.3, -0.25) is 0 Å². The van der Waals surface area contributed by atoms with Crippen LogP contribution in [0.15, 0.2) is 0 Å². The lowest BCUT2D eigenvalue weighted by molar-refractivity contribution is 0.0683. The van der Waals surface area contributed by atoms with Crippen LogP contribution < -0.4 is 0 Å². The van der Waals surface area contributed by atoms with E-state index in [0.29, 0.717) is 0 Å². The molecule has 0 N–H and O–H groups in total. The van der Waals surface area contributed by atoms with Gasteiger partial charge in [0.2, 0.25) is 0 Å². The molecule has 10 heavy (non-hydrogen) atoms. The summed E-state index contributed by atoms with van der Waals surface area (Å²) < 4.78 is 47.6. The Kier molecular flexibility index (Phi) is 4.40. The molecular formula is C6H9F4. The Morgan fingerprint density at radius 2 is 1.60 bits per heavy atom. The Hall–Kier alpha value is -0.280. The summed E-state index contributed by atoms with van der Waals surface area (Å²) in [6, 6.07) is 0. The van der Waals surface area contributed by atoms with Crippen LogP contribution in [0, 0.1) is 6.92 Å². The first-order valence-electron chi connectivity index (χ1n) is 2.91. The van der Waals surface area contributed by atoms with Crippen LogP contribution in [0.2, 0.25) is 0 Å². The minimum absolute atomic E-state index is 0.373. The van der Waals surface area contributed by atoms with Crippen LogP contribution >= 0.6 is 0 Å². The molecule has 0 aromatic heterocycles. The van der Waals surface area contributed by atoms with Gasteiger partial charge in [-0.25, -0.2) is 17.6 Å². The van der Waals surface area contributed by atoms with Gasteiger partial charge in [0.25, 0.3) is 0 Å². The molecule has 2 unspecified atom stereocenters. The van der Waals surface area contributed by atoms with Crippen molar-refractivity contribution in [3.63, 3.8) is 0 Å². The van der Waals surface area contributed by atoms with Crippen LogP contribution in [0.3, 0.4) is 0 Å². The number of hydrogen-bond acceptors (Lipinski definition) is 0. The van der Waals surface area contributed by atoms with E-state index in [1.54, 1.807) is 0 Å². The molecule has 0 amide bonds. The number of rotatable bonds is 4. The van der Waals surface area contributed by atoms with Crippen molar-refractivity contribution in [2.24, 2.45) is 0 Å². The second kappa shape index (κ2) is 4.52. The van der Waals surface area contributed by atoms with E-state index in [0.717, 1.165) is 0 Å². The van der Waals surface area contributed by atoms with Crippen molar-refractivity contribution in [3.8, 4) is 0 Å². The average molecular weight is 157 g/mol. The maximum atomic E-state index is 12.2. The molecule has 0 aliphatic carbocycles. The van der Waals surface area contributed by atoms with Gasteiger partial charge in [-0.1, -0.05) is 6.92 Å². The second-order valence-corrected chi connectivity index (χ2v) is 1.92. The number of alkyl halides is 4. The Labute approximate surface area is 57.2 Å². The van der Waals surface area contributed by atoms with Gasteiger partial charge >= 0.3 is 0 Å². The zero-order valence-corrected chi connectivity index (χ0v) is 5.37. The molecule has 0 heterocycles. The van der Waals surface area contributed by atoms with E-state index in [-0.39, 0.29) is 6.42 Å². The quantitative estimate of drug-likeness (QED) is 0.549. The van der Waals surface area contributed by atoms with Gasteiger partial charge in [0.1, 0.15) is 12.8 Å². The first kappa shape index (κ1) is 9.72. The number of hydrogen-bond donors (Lipinski definition) is 0.